The second-order valence-electron chi connectivity index (χ2n) is 6.41. The second kappa shape index (κ2) is 8.05. The van der Waals surface area contributed by atoms with E-state index in [9.17, 15) is 9.18 Å². The smallest absolute Gasteiger partial charge is 0.230 e. The predicted molar refractivity (Wildman–Crippen MR) is 88.4 cm³/mol. The first-order valence-corrected chi connectivity index (χ1v) is 8.63. The number of nitrogens with one attached hydrogen (secondary N) is 1. The number of halogens is 1. The van der Waals surface area contributed by atoms with E-state index in [1.54, 1.807) is 12.1 Å². The van der Waals surface area contributed by atoms with E-state index >= 15 is 0 Å². The molecule has 0 bridgehead atoms. The Morgan fingerprint density at radius 3 is 2.38 bits per heavy atom. The number of carbonyl (C=O) groups excluding carboxylic acids is 1. The number of nitrogens with zero attached hydrogens (tertiary/aromatic N) is 1. The molecule has 2 aliphatic rings. The van der Waals surface area contributed by atoms with Crippen molar-refractivity contribution in [2.24, 2.45) is 0 Å². The molecule has 0 atom stereocenters. The average molecular weight is 336 g/mol. The van der Waals surface area contributed by atoms with Crippen molar-refractivity contribution in [3.05, 3.63) is 35.6 Å². The van der Waals surface area contributed by atoms with Crippen LogP contribution >= 0.6 is 0 Å². The van der Waals surface area contributed by atoms with Gasteiger partial charge in [0.15, 0.2) is 0 Å². The van der Waals surface area contributed by atoms with Crippen molar-refractivity contribution in [2.75, 3.05) is 52.6 Å². The third kappa shape index (κ3) is 3.94. The van der Waals surface area contributed by atoms with Crippen molar-refractivity contribution in [2.45, 2.75) is 18.3 Å². The molecule has 5 nitrogen and oxygen atoms in total. The van der Waals surface area contributed by atoms with E-state index in [1.807, 2.05) is 0 Å². The van der Waals surface area contributed by atoms with Gasteiger partial charge in [-0.15, -0.1) is 0 Å². The van der Waals surface area contributed by atoms with E-state index in [0.717, 1.165) is 38.4 Å². The van der Waals surface area contributed by atoms with Crippen LogP contribution in [0.4, 0.5) is 4.39 Å². The van der Waals surface area contributed by atoms with Gasteiger partial charge in [-0.1, -0.05) is 12.1 Å². The summed E-state index contributed by atoms with van der Waals surface area (Å²) in [5.41, 5.74) is 0.257. The number of ether oxygens (including phenoxy) is 2. The van der Waals surface area contributed by atoms with Crippen molar-refractivity contribution in [3.63, 3.8) is 0 Å². The van der Waals surface area contributed by atoms with E-state index in [-0.39, 0.29) is 11.7 Å². The first kappa shape index (κ1) is 17.3. The summed E-state index contributed by atoms with van der Waals surface area (Å²) in [5.74, 6) is -0.264. The number of rotatable bonds is 5. The second-order valence-corrected chi connectivity index (χ2v) is 6.41. The zero-order chi connectivity index (χ0) is 16.8. The molecule has 2 aliphatic heterocycles. The highest BCUT2D eigenvalue weighted by atomic mass is 19.1. The lowest BCUT2D eigenvalue weighted by molar-refractivity contribution is -0.130. The Balaban J connectivity index is 1.64. The van der Waals surface area contributed by atoms with Crippen LogP contribution in [0.5, 0.6) is 0 Å². The molecule has 2 fully saturated rings. The van der Waals surface area contributed by atoms with Crippen LogP contribution in [0.2, 0.25) is 0 Å². The zero-order valence-corrected chi connectivity index (χ0v) is 13.9. The minimum Gasteiger partial charge on any atom is -0.381 e. The normalized spacial score (nSPS) is 21.4. The van der Waals surface area contributed by atoms with Crippen molar-refractivity contribution in [1.29, 1.82) is 0 Å². The molecule has 0 spiro atoms. The van der Waals surface area contributed by atoms with Crippen molar-refractivity contribution >= 4 is 5.91 Å². The highest BCUT2D eigenvalue weighted by Crippen LogP contribution is 2.35. The Bertz CT molecular complexity index is 538. The van der Waals surface area contributed by atoms with Crippen molar-refractivity contribution in [3.8, 4) is 0 Å². The number of hydrogen-bond acceptors (Lipinski definition) is 4. The number of hydrogen-bond donors (Lipinski definition) is 1. The van der Waals surface area contributed by atoms with Gasteiger partial charge in [0.2, 0.25) is 5.91 Å². The van der Waals surface area contributed by atoms with Crippen LogP contribution in [0, 0.1) is 5.82 Å². The van der Waals surface area contributed by atoms with Gasteiger partial charge in [-0.05, 0) is 30.5 Å². The summed E-state index contributed by atoms with van der Waals surface area (Å²) in [5, 5.41) is 3.08. The molecular formula is C18H25FN2O3. The lowest BCUT2D eigenvalue weighted by atomic mass is 9.73. The summed E-state index contributed by atoms with van der Waals surface area (Å²) in [6.07, 6.45) is 1.25. The standard InChI is InChI=1S/C18H25FN2O3/c19-16-3-1-15(2-4-16)18(5-11-23-12-6-18)17(22)20-7-8-21-9-13-24-14-10-21/h1-4H,5-14H2,(H,20,22). The van der Waals surface area contributed by atoms with Gasteiger partial charge in [0.1, 0.15) is 5.82 Å². The maximum absolute atomic E-state index is 13.2. The Kier molecular flexibility index (Phi) is 5.81. The topological polar surface area (TPSA) is 50.8 Å². The van der Waals surface area contributed by atoms with Crippen LogP contribution in [0.3, 0.4) is 0 Å². The lowest BCUT2D eigenvalue weighted by Gasteiger charge is -2.36. The average Bonchev–Trinajstić information content (AvgIpc) is 2.63. The number of benzene rings is 1. The maximum atomic E-state index is 13.2. The van der Waals surface area contributed by atoms with E-state index in [4.69, 9.17) is 9.47 Å². The van der Waals surface area contributed by atoms with Crippen LogP contribution in [-0.4, -0.2) is 63.4 Å². The number of amides is 1. The lowest BCUT2D eigenvalue weighted by Crippen LogP contribution is -2.50. The molecule has 0 aromatic heterocycles. The van der Waals surface area contributed by atoms with Gasteiger partial charge in [-0.3, -0.25) is 9.69 Å². The Morgan fingerprint density at radius 2 is 1.71 bits per heavy atom. The summed E-state index contributed by atoms with van der Waals surface area (Å²) in [7, 11) is 0. The quantitative estimate of drug-likeness (QED) is 0.881. The van der Waals surface area contributed by atoms with Gasteiger partial charge in [0.05, 0.1) is 18.6 Å². The number of morpholine rings is 1. The highest BCUT2D eigenvalue weighted by Gasteiger charge is 2.41. The van der Waals surface area contributed by atoms with Crippen LogP contribution in [-0.2, 0) is 19.7 Å². The SMILES string of the molecule is O=C(NCCN1CCOCC1)C1(c2ccc(F)cc2)CCOCC1. The third-order valence-electron chi connectivity index (χ3n) is 5.00. The molecule has 2 saturated heterocycles. The molecule has 6 heteroatoms. The molecule has 0 unspecified atom stereocenters. The van der Waals surface area contributed by atoms with Gasteiger partial charge < -0.3 is 14.8 Å². The van der Waals surface area contributed by atoms with E-state index in [0.29, 0.717) is 32.6 Å². The fraction of sp³-hybridized carbons (Fsp3) is 0.611. The molecule has 3 rings (SSSR count). The molecule has 0 aliphatic carbocycles. The first-order valence-electron chi connectivity index (χ1n) is 8.63. The molecule has 24 heavy (non-hydrogen) atoms. The Hall–Kier alpha value is -1.50. The molecule has 1 aromatic rings. The summed E-state index contributed by atoms with van der Waals surface area (Å²) >= 11 is 0. The minimum atomic E-state index is -0.614. The molecule has 2 heterocycles. The zero-order valence-electron chi connectivity index (χ0n) is 13.9. The molecule has 1 aromatic carbocycles. The van der Waals surface area contributed by atoms with Gasteiger partial charge in [-0.25, -0.2) is 4.39 Å². The Morgan fingerprint density at radius 1 is 1.08 bits per heavy atom. The van der Waals surface area contributed by atoms with Crippen molar-refractivity contribution < 1.29 is 18.7 Å². The number of carbonyl (C=O) groups is 1. The minimum absolute atomic E-state index is 0.0191. The molecule has 0 radical (unpaired) electrons. The van der Waals surface area contributed by atoms with E-state index in [1.165, 1.54) is 12.1 Å². The third-order valence-corrected chi connectivity index (χ3v) is 5.00. The summed E-state index contributed by atoms with van der Waals surface area (Å²) in [6, 6.07) is 6.30. The summed E-state index contributed by atoms with van der Waals surface area (Å²) < 4.78 is 24.0. The van der Waals surface area contributed by atoms with E-state index in [2.05, 4.69) is 10.2 Å². The molecular weight excluding hydrogens is 311 g/mol. The monoisotopic (exact) mass is 336 g/mol. The largest absolute Gasteiger partial charge is 0.381 e. The molecule has 1 amide bonds. The Labute approximate surface area is 142 Å². The summed E-state index contributed by atoms with van der Waals surface area (Å²) in [6.45, 7) is 5.87. The summed E-state index contributed by atoms with van der Waals surface area (Å²) in [4.78, 5) is 15.2. The van der Waals surface area contributed by atoms with Gasteiger partial charge in [0, 0.05) is 39.4 Å². The van der Waals surface area contributed by atoms with Crippen molar-refractivity contribution in [1.82, 2.24) is 10.2 Å². The van der Waals surface area contributed by atoms with Crippen LogP contribution < -0.4 is 5.32 Å². The first-order chi connectivity index (χ1) is 11.7. The predicted octanol–water partition coefficient (Wildman–Crippen LogP) is 1.32. The maximum Gasteiger partial charge on any atom is 0.230 e. The highest BCUT2D eigenvalue weighted by molar-refractivity contribution is 5.88. The molecule has 132 valence electrons. The molecule has 0 saturated carbocycles. The van der Waals surface area contributed by atoms with Gasteiger partial charge in [-0.2, -0.15) is 0 Å². The van der Waals surface area contributed by atoms with Crippen LogP contribution in [0.25, 0.3) is 0 Å². The van der Waals surface area contributed by atoms with Crippen LogP contribution in [0.15, 0.2) is 24.3 Å². The van der Waals surface area contributed by atoms with Crippen LogP contribution in [0.1, 0.15) is 18.4 Å². The van der Waals surface area contributed by atoms with Gasteiger partial charge >= 0.3 is 0 Å². The van der Waals surface area contributed by atoms with E-state index < -0.39 is 5.41 Å². The fourth-order valence-electron chi connectivity index (χ4n) is 3.46. The van der Waals surface area contributed by atoms with Gasteiger partial charge in [0.25, 0.3) is 0 Å². The fourth-order valence-corrected chi connectivity index (χ4v) is 3.46. The molecule has 1 N–H and O–H groups in total.